The van der Waals surface area contributed by atoms with E-state index in [1.54, 1.807) is 0 Å². The second kappa shape index (κ2) is 7.52. The van der Waals surface area contributed by atoms with E-state index in [4.69, 9.17) is 17.3 Å². The number of hydrogen-bond acceptors (Lipinski definition) is 4. The molecule has 4 N–H and O–H groups in total. The fourth-order valence-electron chi connectivity index (χ4n) is 3.50. The SMILES string of the molecule is Cc1c(Cl)cccc1-c1cc(NC(C)Cc2c[nH]c3ccccc23)nc(N)n1. The van der Waals surface area contributed by atoms with Gasteiger partial charge >= 0.3 is 0 Å². The molecule has 0 spiro atoms. The molecule has 0 aliphatic rings. The van der Waals surface area contributed by atoms with Gasteiger partial charge in [-0.25, -0.2) is 4.98 Å². The van der Waals surface area contributed by atoms with Crippen LogP contribution in [0.3, 0.4) is 0 Å². The Morgan fingerprint density at radius 3 is 2.82 bits per heavy atom. The molecule has 2 heterocycles. The first kappa shape index (κ1) is 18.3. The maximum absolute atomic E-state index is 6.26. The van der Waals surface area contributed by atoms with Gasteiger partial charge in [0.05, 0.1) is 5.69 Å². The second-order valence-corrected chi connectivity index (χ2v) is 7.43. The highest BCUT2D eigenvalue weighted by Crippen LogP contribution is 2.29. The molecule has 0 radical (unpaired) electrons. The van der Waals surface area contributed by atoms with Crippen LogP contribution in [0.5, 0.6) is 0 Å². The molecule has 2 aromatic carbocycles. The van der Waals surface area contributed by atoms with Crippen LogP contribution in [-0.4, -0.2) is 21.0 Å². The van der Waals surface area contributed by atoms with Crippen LogP contribution in [0.1, 0.15) is 18.1 Å². The molecule has 142 valence electrons. The summed E-state index contributed by atoms with van der Waals surface area (Å²) in [7, 11) is 0. The Labute approximate surface area is 169 Å². The van der Waals surface area contributed by atoms with Crippen LogP contribution in [0.25, 0.3) is 22.2 Å². The standard InChI is InChI=1S/C22H22ClN5/c1-13(10-15-12-25-19-9-4-3-6-17(15)19)26-21-11-20(27-22(24)28-21)16-7-5-8-18(23)14(16)2/h3-9,11-13,25H,10H2,1-2H3,(H3,24,26,27,28). The number of para-hydroxylation sites is 1. The summed E-state index contributed by atoms with van der Waals surface area (Å²) < 4.78 is 0. The molecule has 4 aromatic rings. The molecule has 4 rings (SSSR count). The normalized spacial score (nSPS) is 12.2. The summed E-state index contributed by atoms with van der Waals surface area (Å²) in [4.78, 5) is 12.1. The van der Waals surface area contributed by atoms with E-state index in [1.807, 2.05) is 37.3 Å². The lowest BCUT2D eigenvalue weighted by atomic mass is 10.0. The molecule has 0 saturated carbocycles. The molecule has 0 amide bonds. The number of rotatable bonds is 5. The van der Waals surface area contributed by atoms with Crippen LogP contribution < -0.4 is 11.1 Å². The predicted octanol–water partition coefficient (Wildman–Crippen LogP) is 5.21. The Hall–Kier alpha value is -3.05. The lowest BCUT2D eigenvalue weighted by molar-refractivity contribution is 0.788. The predicted molar refractivity (Wildman–Crippen MR) is 117 cm³/mol. The number of nitrogens with zero attached hydrogens (tertiary/aromatic N) is 2. The van der Waals surface area contributed by atoms with Gasteiger partial charge in [0, 0.05) is 39.8 Å². The van der Waals surface area contributed by atoms with Crippen molar-refractivity contribution in [3.05, 3.63) is 70.9 Å². The van der Waals surface area contributed by atoms with Gasteiger partial charge in [-0.1, -0.05) is 41.9 Å². The molecule has 1 unspecified atom stereocenters. The molecule has 5 nitrogen and oxygen atoms in total. The van der Waals surface area contributed by atoms with Gasteiger partial charge in [-0.15, -0.1) is 0 Å². The minimum atomic E-state index is 0.168. The van der Waals surface area contributed by atoms with Gasteiger partial charge < -0.3 is 16.0 Å². The highest BCUT2D eigenvalue weighted by Gasteiger charge is 2.12. The van der Waals surface area contributed by atoms with Gasteiger partial charge in [0.1, 0.15) is 5.82 Å². The third-order valence-corrected chi connectivity index (χ3v) is 5.29. The third kappa shape index (κ3) is 3.66. The molecule has 0 saturated heterocycles. The van der Waals surface area contributed by atoms with Crippen molar-refractivity contribution < 1.29 is 0 Å². The van der Waals surface area contributed by atoms with Crippen molar-refractivity contribution in [3.63, 3.8) is 0 Å². The van der Waals surface area contributed by atoms with Gasteiger partial charge in [-0.2, -0.15) is 4.98 Å². The lowest BCUT2D eigenvalue weighted by Crippen LogP contribution is -2.19. The molecule has 1 atom stereocenters. The monoisotopic (exact) mass is 391 g/mol. The zero-order valence-corrected chi connectivity index (χ0v) is 16.6. The highest BCUT2D eigenvalue weighted by molar-refractivity contribution is 6.31. The van der Waals surface area contributed by atoms with E-state index in [-0.39, 0.29) is 12.0 Å². The van der Waals surface area contributed by atoms with Crippen LogP contribution in [0.2, 0.25) is 5.02 Å². The van der Waals surface area contributed by atoms with Crippen molar-refractivity contribution in [1.29, 1.82) is 0 Å². The van der Waals surface area contributed by atoms with Crippen molar-refractivity contribution >= 4 is 34.3 Å². The van der Waals surface area contributed by atoms with E-state index in [9.17, 15) is 0 Å². The summed E-state index contributed by atoms with van der Waals surface area (Å²) >= 11 is 6.26. The molecule has 0 fully saturated rings. The van der Waals surface area contributed by atoms with E-state index in [1.165, 1.54) is 10.9 Å². The van der Waals surface area contributed by atoms with Crippen LogP contribution >= 0.6 is 11.6 Å². The van der Waals surface area contributed by atoms with E-state index in [0.717, 1.165) is 28.8 Å². The van der Waals surface area contributed by atoms with E-state index in [2.05, 4.69) is 51.6 Å². The molecule has 0 bridgehead atoms. The summed E-state index contributed by atoms with van der Waals surface area (Å²) in [6.45, 7) is 4.10. The zero-order chi connectivity index (χ0) is 19.7. The average Bonchev–Trinajstić information content (AvgIpc) is 3.06. The first-order valence-electron chi connectivity index (χ1n) is 9.23. The Kier molecular flexibility index (Phi) is 4.92. The van der Waals surface area contributed by atoms with E-state index < -0.39 is 0 Å². The smallest absolute Gasteiger partial charge is 0.222 e. The Balaban J connectivity index is 1.58. The van der Waals surface area contributed by atoms with Gasteiger partial charge in [0.15, 0.2) is 0 Å². The first-order valence-corrected chi connectivity index (χ1v) is 9.60. The zero-order valence-electron chi connectivity index (χ0n) is 15.8. The van der Waals surface area contributed by atoms with Crippen molar-refractivity contribution in [2.75, 3.05) is 11.1 Å². The molecule has 2 aromatic heterocycles. The maximum Gasteiger partial charge on any atom is 0.222 e. The van der Waals surface area contributed by atoms with Crippen LogP contribution in [0.15, 0.2) is 54.7 Å². The van der Waals surface area contributed by atoms with Crippen molar-refractivity contribution in [2.24, 2.45) is 0 Å². The molecule has 28 heavy (non-hydrogen) atoms. The summed E-state index contributed by atoms with van der Waals surface area (Å²) in [6.07, 6.45) is 2.93. The maximum atomic E-state index is 6.26. The number of aromatic nitrogens is 3. The topological polar surface area (TPSA) is 79.6 Å². The number of nitrogens with two attached hydrogens (primary N) is 1. The fraction of sp³-hybridized carbons (Fsp3) is 0.182. The number of benzene rings is 2. The van der Waals surface area contributed by atoms with Gasteiger partial charge in [-0.3, -0.25) is 0 Å². The third-order valence-electron chi connectivity index (χ3n) is 4.88. The summed E-state index contributed by atoms with van der Waals surface area (Å²) in [5.74, 6) is 0.938. The number of anilines is 2. The Morgan fingerprint density at radius 2 is 1.96 bits per heavy atom. The number of H-pyrrole nitrogens is 1. The molecule has 0 aliphatic heterocycles. The summed E-state index contributed by atoms with van der Waals surface area (Å²) in [5.41, 5.74) is 11.1. The average molecular weight is 392 g/mol. The molecule has 6 heteroatoms. The van der Waals surface area contributed by atoms with Crippen LogP contribution in [-0.2, 0) is 6.42 Å². The van der Waals surface area contributed by atoms with Crippen molar-refractivity contribution in [3.8, 4) is 11.3 Å². The lowest BCUT2D eigenvalue weighted by Gasteiger charge is -2.16. The number of nitrogen functional groups attached to an aromatic ring is 1. The van der Waals surface area contributed by atoms with Gasteiger partial charge in [0.2, 0.25) is 5.95 Å². The number of fused-ring (bicyclic) bond motifs is 1. The van der Waals surface area contributed by atoms with Gasteiger partial charge in [0.25, 0.3) is 0 Å². The highest BCUT2D eigenvalue weighted by atomic mass is 35.5. The van der Waals surface area contributed by atoms with Crippen LogP contribution in [0, 0.1) is 6.92 Å². The quantitative estimate of drug-likeness (QED) is 0.436. The molecular weight excluding hydrogens is 370 g/mol. The first-order chi connectivity index (χ1) is 13.5. The van der Waals surface area contributed by atoms with Crippen LogP contribution in [0.4, 0.5) is 11.8 Å². The fourth-order valence-corrected chi connectivity index (χ4v) is 3.67. The minimum Gasteiger partial charge on any atom is -0.368 e. The largest absolute Gasteiger partial charge is 0.368 e. The van der Waals surface area contributed by atoms with Gasteiger partial charge in [-0.05, 0) is 43.5 Å². The Morgan fingerprint density at radius 1 is 1.14 bits per heavy atom. The Bertz CT molecular complexity index is 1130. The summed E-state index contributed by atoms with van der Waals surface area (Å²) in [6, 6.07) is 16.2. The van der Waals surface area contributed by atoms with Crippen molar-refractivity contribution in [1.82, 2.24) is 15.0 Å². The number of nitrogens with one attached hydrogen (secondary N) is 2. The number of aromatic amines is 1. The summed E-state index contributed by atoms with van der Waals surface area (Å²) in [5, 5.41) is 5.40. The number of hydrogen-bond donors (Lipinski definition) is 3. The van der Waals surface area contributed by atoms with E-state index >= 15 is 0 Å². The molecule has 0 aliphatic carbocycles. The molecular formula is C22H22ClN5. The minimum absolute atomic E-state index is 0.168. The number of halogens is 1. The van der Waals surface area contributed by atoms with Crippen molar-refractivity contribution in [2.45, 2.75) is 26.3 Å². The second-order valence-electron chi connectivity index (χ2n) is 7.02. The van der Waals surface area contributed by atoms with E-state index in [0.29, 0.717) is 10.8 Å².